The third-order valence-electron chi connectivity index (χ3n) is 2.86. The fourth-order valence-electron chi connectivity index (χ4n) is 1.88. The van der Waals surface area contributed by atoms with Gasteiger partial charge in [0.05, 0.1) is 9.99 Å². The number of pyridine rings is 1. The maximum absolute atomic E-state index is 13.5. The Hall–Kier alpha value is -1.16. The minimum absolute atomic E-state index is 0.277. The molecule has 0 unspecified atom stereocenters. The highest BCUT2D eigenvalue weighted by molar-refractivity contribution is 9.10. The van der Waals surface area contributed by atoms with Gasteiger partial charge in [0.2, 0.25) is 0 Å². The largest absolute Gasteiger partial charge is 0.370 e. The molecule has 0 aliphatic rings. The van der Waals surface area contributed by atoms with Crippen LogP contribution < -0.4 is 5.32 Å². The molecule has 0 aliphatic carbocycles. The molecular formula is C14H16BrFN2. The van der Waals surface area contributed by atoms with Gasteiger partial charge in [-0.15, -0.1) is 0 Å². The summed E-state index contributed by atoms with van der Waals surface area (Å²) >= 11 is 3.20. The number of nitrogens with zero attached hydrogens (tertiary/aromatic N) is 1. The maximum Gasteiger partial charge on any atom is 0.139 e. The number of aromatic nitrogens is 1. The van der Waals surface area contributed by atoms with E-state index in [0.29, 0.717) is 9.99 Å². The highest BCUT2D eigenvalue weighted by Gasteiger charge is 2.08. The zero-order valence-electron chi connectivity index (χ0n) is 10.6. The molecule has 4 heteroatoms. The lowest BCUT2D eigenvalue weighted by atomic mass is 10.1. The van der Waals surface area contributed by atoms with Crippen molar-refractivity contribution in [3.05, 3.63) is 34.1 Å². The van der Waals surface area contributed by atoms with Gasteiger partial charge in [-0.3, -0.25) is 0 Å². The van der Waals surface area contributed by atoms with Gasteiger partial charge in [-0.25, -0.2) is 9.37 Å². The molecule has 0 amide bonds. The van der Waals surface area contributed by atoms with E-state index in [1.54, 1.807) is 6.07 Å². The number of hydrogen-bond acceptors (Lipinski definition) is 2. The smallest absolute Gasteiger partial charge is 0.139 e. The molecular weight excluding hydrogens is 295 g/mol. The summed E-state index contributed by atoms with van der Waals surface area (Å²) in [5.41, 5.74) is 1.85. The first kappa shape index (κ1) is 13.3. The summed E-state index contributed by atoms with van der Waals surface area (Å²) in [4.78, 5) is 4.51. The fraction of sp³-hybridized carbons (Fsp3) is 0.357. The maximum atomic E-state index is 13.5. The Morgan fingerprint density at radius 2 is 2.06 bits per heavy atom. The summed E-state index contributed by atoms with van der Waals surface area (Å²) in [6, 6.07) is 5.32. The van der Waals surface area contributed by atoms with E-state index < -0.39 is 0 Å². The van der Waals surface area contributed by atoms with Crippen LogP contribution >= 0.6 is 15.9 Å². The van der Waals surface area contributed by atoms with Crippen molar-refractivity contribution in [3.63, 3.8) is 0 Å². The number of rotatable bonds is 4. The molecule has 1 N–H and O–H groups in total. The molecule has 0 atom stereocenters. The van der Waals surface area contributed by atoms with Crippen molar-refractivity contribution in [1.82, 2.24) is 4.98 Å². The summed E-state index contributed by atoms with van der Waals surface area (Å²) in [5, 5.41) is 4.26. The third-order valence-corrected chi connectivity index (χ3v) is 3.47. The Labute approximate surface area is 115 Å². The number of aryl methyl sites for hydroxylation is 1. The average Bonchev–Trinajstić information content (AvgIpc) is 2.37. The van der Waals surface area contributed by atoms with E-state index in [1.807, 2.05) is 0 Å². The van der Waals surface area contributed by atoms with E-state index in [1.165, 1.54) is 6.07 Å². The Morgan fingerprint density at radius 3 is 2.72 bits per heavy atom. The van der Waals surface area contributed by atoms with E-state index in [0.717, 1.165) is 36.2 Å². The van der Waals surface area contributed by atoms with Gasteiger partial charge in [0.15, 0.2) is 0 Å². The van der Waals surface area contributed by atoms with E-state index in [2.05, 4.69) is 46.1 Å². The zero-order chi connectivity index (χ0) is 13.1. The van der Waals surface area contributed by atoms with Gasteiger partial charge in [-0.05, 0) is 46.5 Å². The molecule has 2 aromatic rings. The van der Waals surface area contributed by atoms with Crippen LogP contribution in [0.25, 0.3) is 10.9 Å². The lowest BCUT2D eigenvalue weighted by Gasteiger charge is -2.11. The SMILES string of the molecule is CCCNc1nc2cc(F)c(Br)cc2cc1CC. The molecule has 1 aromatic heterocycles. The minimum atomic E-state index is -0.277. The summed E-state index contributed by atoms with van der Waals surface area (Å²) in [5.74, 6) is 0.592. The van der Waals surface area contributed by atoms with Crippen molar-refractivity contribution >= 4 is 32.7 Å². The van der Waals surface area contributed by atoms with Gasteiger partial charge >= 0.3 is 0 Å². The van der Waals surface area contributed by atoms with Crippen molar-refractivity contribution in [3.8, 4) is 0 Å². The Balaban J connectivity index is 2.54. The first-order valence-electron chi connectivity index (χ1n) is 6.18. The Morgan fingerprint density at radius 1 is 1.28 bits per heavy atom. The molecule has 0 saturated heterocycles. The van der Waals surface area contributed by atoms with Crippen molar-refractivity contribution in [2.24, 2.45) is 0 Å². The number of hydrogen-bond donors (Lipinski definition) is 1. The molecule has 0 radical (unpaired) electrons. The van der Waals surface area contributed by atoms with Crippen molar-refractivity contribution < 1.29 is 4.39 Å². The third kappa shape index (κ3) is 2.64. The molecule has 0 spiro atoms. The molecule has 0 fully saturated rings. The van der Waals surface area contributed by atoms with Crippen molar-refractivity contribution in [1.29, 1.82) is 0 Å². The zero-order valence-corrected chi connectivity index (χ0v) is 12.1. The quantitative estimate of drug-likeness (QED) is 0.898. The predicted octanol–water partition coefficient (Wildman–Crippen LogP) is 4.52. The minimum Gasteiger partial charge on any atom is -0.370 e. The second-order valence-corrected chi connectivity index (χ2v) is 5.09. The molecule has 2 nitrogen and oxygen atoms in total. The van der Waals surface area contributed by atoms with E-state index in [9.17, 15) is 4.39 Å². The lowest BCUT2D eigenvalue weighted by molar-refractivity contribution is 0.623. The van der Waals surface area contributed by atoms with Gasteiger partial charge < -0.3 is 5.32 Å². The van der Waals surface area contributed by atoms with E-state index >= 15 is 0 Å². The van der Waals surface area contributed by atoms with Gasteiger partial charge in [0.25, 0.3) is 0 Å². The Bertz CT molecular complexity index is 569. The van der Waals surface area contributed by atoms with Crippen LogP contribution in [0, 0.1) is 5.82 Å². The molecule has 18 heavy (non-hydrogen) atoms. The van der Waals surface area contributed by atoms with Crippen LogP contribution in [0.15, 0.2) is 22.7 Å². The van der Waals surface area contributed by atoms with Crippen molar-refractivity contribution in [2.45, 2.75) is 26.7 Å². The fourth-order valence-corrected chi connectivity index (χ4v) is 2.24. The van der Waals surface area contributed by atoms with Gasteiger partial charge in [0, 0.05) is 18.0 Å². The van der Waals surface area contributed by atoms with Gasteiger partial charge in [0.1, 0.15) is 11.6 Å². The summed E-state index contributed by atoms with van der Waals surface area (Å²) in [7, 11) is 0. The van der Waals surface area contributed by atoms with Crippen LogP contribution in [0.2, 0.25) is 0 Å². The van der Waals surface area contributed by atoms with Crippen LogP contribution in [-0.4, -0.2) is 11.5 Å². The number of fused-ring (bicyclic) bond motifs is 1. The first-order chi connectivity index (χ1) is 8.65. The number of benzene rings is 1. The van der Waals surface area contributed by atoms with Crippen molar-refractivity contribution in [2.75, 3.05) is 11.9 Å². The Kier molecular flexibility index (Phi) is 4.17. The predicted molar refractivity (Wildman–Crippen MR) is 77.6 cm³/mol. The van der Waals surface area contributed by atoms with Crippen LogP contribution in [0.4, 0.5) is 10.2 Å². The summed E-state index contributed by atoms with van der Waals surface area (Å²) in [6.45, 7) is 5.08. The highest BCUT2D eigenvalue weighted by Crippen LogP contribution is 2.26. The second-order valence-electron chi connectivity index (χ2n) is 4.24. The van der Waals surface area contributed by atoms with E-state index in [-0.39, 0.29) is 5.82 Å². The number of nitrogens with one attached hydrogen (secondary N) is 1. The first-order valence-corrected chi connectivity index (χ1v) is 6.97. The number of halogens is 2. The van der Waals surface area contributed by atoms with Crippen LogP contribution in [0.1, 0.15) is 25.8 Å². The highest BCUT2D eigenvalue weighted by atomic mass is 79.9. The summed E-state index contributed by atoms with van der Waals surface area (Å²) in [6.07, 6.45) is 1.95. The molecule has 2 rings (SSSR count). The average molecular weight is 311 g/mol. The number of anilines is 1. The molecule has 96 valence electrons. The lowest BCUT2D eigenvalue weighted by Crippen LogP contribution is -2.05. The van der Waals surface area contributed by atoms with E-state index in [4.69, 9.17) is 0 Å². The second kappa shape index (κ2) is 5.65. The monoisotopic (exact) mass is 310 g/mol. The van der Waals surface area contributed by atoms with Gasteiger partial charge in [-0.2, -0.15) is 0 Å². The molecule has 1 aromatic carbocycles. The molecule has 0 bridgehead atoms. The normalized spacial score (nSPS) is 10.9. The molecule has 0 aliphatic heterocycles. The van der Waals surface area contributed by atoms with Gasteiger partial charge in [-0.1, -0.05) is 13.8 Å². The standard InChI is InChI=1S/C14H16BrFN2/c1-3-5-17-14-9(4-2)6-10-7-11(15)12(16)8-13(10)18-14/h6-8H,3-5H2,1-2H3,(H,17,18). The van der Waals surface area contributed by atoms with Crippen LogP contribution in [-0.2, 0) is 6.42 Å². The topological polar surface area (TPSA) is 24.9 Å². The molecule has 1 heterocycles. The molecule has 0 saturated carbocycles. The van der Waals surface area contributed by atoms with Crippen LogP contribution in [0.3, 0.4) is 0 Å². The summed E-state index contributed by atoms with van der Waals surface area (Å²) < 4.78 is 14.0. The van der Waals surface area contributed by atoms with Crippen LogP contribution in [0.5, 0.6) is 0 Å².